The Morgan fingerprint density at radius 3 is 1.04 bits per heavy atom. The number of ether oxygens (including phenoxy) is 6. The zero-order valence-corrected chi connectivity index (χ0v) is 70.9. The largest absolute Gasteiger partial charge is 0.379 e. The number of halogens is 6. The van der Waals surface area contributed by atoms with Crippen LogP contribution >= 0.6 is 69.6 Å². The van der Waals surface area contributed by atoms with E-state index in [4.69, 9.17) is 98.0 Å². The molecule has 24 nitrogen and oxygen atoms in total. The number of hydrogen-bond donors (Lipinski definition) is 5. The van der Waals surface area contributed by atoms with Crippen LogP contribution in [0.4, 0.5) is 0 Å². The van der Waals surface area contributed by atoms with Gasteiger partial charge in [0.25, 0.3) is 0 Å². The van der Waals surface area contributed by atoms with Gasteiger partial charge in [-0.15, -0.1) is 0 Å². The van der Waals surface area contributed by atoms with Gasteiger partial charge in [-0.1, -0.05) is 113 Å². The molecule has 0 spiro atoms. The highest BCUT2D eigenvalue weighted by Crippen LogP contribution is 2.43. The molecular formula is C80H107Cl6N9O15S3. The predicted octanol–water partition coefficient (Wildman–Crippen LogP) is 11.5. The molecule has 0 aliphatic carbocycles. The van der Waals surface area contributed by atoms with Crippen LogP contribution in [0.15, 0.2) is 124 Å². The van der Waals surface area contributed by atoms with Crippen LogP contribution in [0.2, 0.25) is 30.1 Å². The number of benzene rings is 6. The number of carbonyl (C=O) groups excluding carboxylic acids is 3. The Morgan fingerprint density at radius 2 is 0.717 bits per heavy atom. The fourth-order valence-electron chi connectivity index (χ4n) is 14.4. The molecule has 622 valence electrons. The van der Waals surface area contributed by atoms with Crippen LogP contribution in [0.1, 0.15) is 127 Å². The maximum absolute atomic E-state index is 13.5. The first kappa shape index (κ1) is 93.5. The summed E-state index contributed by atoms with van der Waals surface area (Å²) >= 11 is 38.9. The lowest BCUT2D eigenvalue weighted by Crippen LogP contribution is -2.46. The van der Waals surface area contributed by atoms with Crippen molar-refractivity contribution in [2.24, 2.45) is 0 Å². The van der Waals surface area contributed by atoms with E-state index in [0.29, 0.717) is 102 Å². The summed E-state index contributed by atoms with van der Waals surface area (Å²) in [6, 6.07) is 31.4. The maximum atomic E-state index is 13.5. The molecule has 3 heterocycles. The molecule has 33 heteroatoms. The summed E-state index contributed by atoms with van der Waals surface area (Å²) in [5.41, 5.74) is 7.57. The molecule has 6 aromatic rings. The normalized spacial score (nSPS) is 16.3. The van der Waals surface area contributed by atoms with Crippen molar-refractivity contribution in [1.29, 1.82) is 0 Å². The highest BCUT2D eigenvalue weighted by molar-refractivity contribution is 7.90. The van der Waals surface area contributed by atoms with Gasteiger partial charge in [-0.3, -0.25) is 14.4 Å². The summed E-state index contributed by atoms with van der Waals surface area (Å²) in [6.45, 7) is 6.61. The number of rotatable bonds is 47. The Balaban J connectivity index is 0.0000160. The van der Waals surface area contributed by atoms with E-state index >= 15 is 0 Å². The Bertz CT molecular complexity index is 4080. The molecule has 3 atom stereocenters. The molecule has 113 heavy (non-hydrogen) atoms. The SMILES string of the molecule is C.CN1Cc2c(Cl)cc(Cl)cc2[C@H](c2cccc(S(=O)(=O)NCCOCCOCCCC(=O)CCC(CCC(=O)NCCOCCOCCNS(=O)(=O)c3cccc([C@@H]4CN(C)Cc5c(Cl)cc(Cl)cc54)c3)(CCC(=O)NCCOCCOCCNS(=O)(=O)c3cccc([C@@H]4CN(C)Cc5c(Cl)cc(Cl)cc54)c3)N(C)C)c2)C1. The second-order valence-electron chi connectivity index (χ2n) is 28.7. The van der Waals surface area contributed by atoms with Crippen LogP contribution < -0.4 is 24.8 Å². The zero-order valence-electron chi connectivity index (χ0n) is 63.9. The zero-order chi connectivity index (χ0) is 80.6. The molecule has 3 aliphatic rings. The third-order valence-corrected chi connectivity index (χ3v) is 26.3. The summed E-state index contributed by atoms with van der Waals surface area (Å²) < 4.78 is 123. The third kappa shape index (κ3) is 28.1. The van der Waals surface area contributed by atoms with Gasteiger partial charge in [-0.05, 0) is 184 Å². The Morgan fingerprint density at radius 1 is 0.416 bits per heavy atom. The monoisotopic (exact) mass is 1740 g/mol. The number of nitrogens with one attached hydrogen (secondary N) is 5. The first-order valence-corrected chi connectivity index (χ1v) is 44.2. The fraction of sp³-hybridized carbons (Fsp3) is 0.512. The molecule has 6 aromatic carbocycles. The number of likely N-dealkylation sites (N-methyl/N-ethyl adjacent to an activating group) is 3. The number of carbonyl (C=O) groups is 3. The van der Waals surface area contributed by atoms with Gasteiger partial charge in [-0.2, -0.15) is 0 Å². The minimum absolute atomic E-state index is 0. The average Bonchev–Trinajstić information content (AvgIpc) is 0.782. The molecule has 9 rings (SSSR count). The summed E-state index contributed by atoms with van der Waals surface area (Å²) in [5.74, 6) is -0.882. The van der Waals surface area contributed by atoms with Crippen LogP contribution in [0.25, 0.3) is 0 Å². The molecule has 0 radical (unpaired) electrons. The third-order valence-electron chi connectivity index (χ3n) is 20.3. The van der Waals surface area contributed by atoms with E-state index in [1.54, 1.807) is 72.8 Å². The van der Waals surface area contributed by atoms with Crippen LogP contribution in [0.5, 0.6) is 0 Å². The summed E-state index contributed by atoms with van der Waals surface area (Å²) in [6.07, 6.45) is 2.12. The number of Topliss-reactive ketones (excluding diaryl/α,β-unsaturated/α-hetero) is 1. The lowest BCUT2D eigenvalue weighted by molar-refractivity contribution is -0.122. The van der Waals surface area contributed by atoms with Crippen LogP contribution in [0.3, 0.4) is 0 Å². The minimum Gasteiger partial charge on any atom is -0.379 e. The molecule has 5 N–H and O–H groups in total. The molecule has 0 fully saturated rings. The highest BCUT2D eigenvalue weighted by atomic mass is 35.5. The second-order valence-corrected chi connectivity index (χ2v) is 36.5. The van der Waals surface area contributed by atoms with E-state index in [0.717, 1.165) is 50.1 Å². The highest BCUT2D eigenvalue weighted by Gasteiger charge is 2.36. The van der Waals surface area contributed by atoms with Crippen molar-refractivity contribution in [1.82, 2.24) is 44.4 Å². The second kappa shape index (κ2) is 45.3. The standard InChI is InChI=1S/C79H103Cl6N9O15S3.CH4/c1-91(2)79(20-17-61(95)13-9-28-104-34-35-107-31-25-88-110(98,99)62-14-6-10-55(40-62)68-49-92(3)52-71-65(68)43-58(80)46-74(71)83,21-18-77(96)86-23-29-105-36-38-108-32-26-89-111(100,101)63-15-7-11-56(41-63)69-50-93(4)53-72-66(69)44-59(81)47-75(72)84)22-19-78(97)87-24-30-106-37-39-109-33-27-90-112(102,103)64-16-8-12-57(42-64)70-51-94(5)54-73-67(70)45-60(82)48-76(73)85;/h6-8,10-12,14-16,40-48,68-70,88-90H,9,13,17-39,49-54H2,1-5H3,(H,86,96)(H,87,97);1H4/t68-,69-,70-;/m0./s1. The van der Waals surface area contributed by atoms with Crippen LogP contribution in [-0.2, 0) is 92.5 Å². The van der Waals surface area contributed by atoms with Crippen molar-refractivity contribution < 1.29 is 68.1 Å². The smallest absolute Gasteiger partial charge is 0.240 e. The number of fused-ring (bicyclic) bond motifs is 3. The van der Waals surface area contributed by atoms with Gasteiger partial charge in [0.1, 0.15) is 5.78 Å². The Hall–Kier alpha value is -5.00. The number of hydrogen-bond acceptors (Lipinski definition) is 19. The molecule has 0 saturated carbocycles. The van der Waals surface area contributed by atoms with Gasteiger partial charge in [0.2, 0.25) is 41.9 Å². The quantitative estimate of drug-likeness (QED) is 0.0222. The van der Waals surface area contributed by atoms with Crippen molar-refractivity contribution in [3.05, 3.63) is 189 Å². The van der Waals surface area contributed by atoms with Gasteiger partial charge < -0.3 is 58.7 Å². The van der Waals surface area contributed by atoms with Crippen molar-refractivity contribution in [2.45, 2.75) is 116 Å². The van der Waals surface area contributed by atoms with Crippen LogP contribution in [-0.4, -0.2) is 235 Å². The van der Waals surface area contributed by atoms with E-state index in [9.17, 15) is 39.6 Å². The lowest BCUT2D eigenvalue weighted by Gasteiger charge is -2.40. The van der Waals surface area contributed by atoms with Gasteiger partial charge in [0, 0.05) is 158 Å². The number of sulfonamides is 3. The van der Waals surface area contributed by atoms with Crippen molar-refractivity contribution in [2.75, 3.05) is 167 Å². The van der Waals surface area contributed by atoms with E-state index in [1.807, 2.05) is 76.5 Å². The van der Waals surface area contributed by atoms with E-state index in [2.05, 4.69) is 39.5 Å². The van der Waals surface area contributed by atoms with E-state index in [1.165, 1.54) is 0 Å². The van der Waals surface area contributed by atoms with E-state index in [-0.39, 0.29) is 189 Å². The van der Waals surface area contributed by atoms with Gasteiger partial charge in [0.05, 0.1) is 87.4 Å². The van der Waals surface area contributed by atoms with Crippen molar-refractivity contribution in [3.8, 4) is 0 Å². The number of ketones is 1. The summed E-state index contributed by atoms with van der Waals surface area (Å²) in [7, 11) is -1.90. The minimum atomic E-state index is -3.87. The molecule has 0 unspecified atom stereocenters. The van der Waals surface area contributed by atoms with Gasteiger partial charge in [-0.25, -0.2) is 39.4 Å². The van der Waals surface area contributed by atoms with Gasteiger partial charge in [0.15, 0.2) is 0 Å². The number of amides is 2. The predicted molar refractivity (Wildman–Crippen MR) is 445 cm³/mol. The Kier molecular flexibility index (Phi) is 37.4. The fourth-order valence-corrected chi connectivity index (χ4v) is 19.3. The maximum Gasteiger partial charge on any atom is 0.240 e. The number of nitrogens with zero attached hydrogens (tertiary/aromatic N) is 4. The van der Waals surface area contributed by atoms with Crippen LogP contribution in [0, 0.1) is 0 Å². The van der Waals surface area contributed by atoms with Gasteiger partial charge >= 0.3 is 0 Å². The van der Waals surface area contributed by atoms with Crippen molar-refractivity contribution in [3.63, 3.8) is 0 Å². The molecular weight excluding hydrogens is 1640 g/mol. The van der Waals surface area contributed by atoms with Crippen molar-refractivity contribution >= 4 is 117 Å². The van der Waals surface area contributed by atoms with E-state index < -0.39 is 35.6 Å². The molecule has 0 saturated heterocycles. The first-order valence-electron chi connectivity index (χ1n) is 37.5. The summed E-state index contributed by atoms with van der Waals surface area (Å²) in [4.78, 5) is 49.2. The summed E-state index contributed by atoms with van der Waals surface area (Å²) in [5, 5.41) is 9.09. The average molecular weight is 1740 g/mol. The first-order chi connectivity index (χ1) is 53.5. The topological polar surface area (TPSA) is 282 Å². The Labute approximate surface area is 697 Å². The molecule has 0 aromatic heterocycles. The molecule has 2 amide bonds. The lowest BCUT2D eigenvalue weighted by atomic mass is 9.81. The molecule has 0 bridgehead atoms. The molecule has 3 aliphatic heterocycles.